The Kier molecular flexibility index (Phi) is 5.73. The van der Waals surface area contributed by atoms with Crippen molar-refractivity contribution in [3.05, 3.63) is 54.1 Å². The molecule has 1 aliphatic heterocycles. The lowest BCUT2D eigenvalue weighted by Gasteiger charge is -2.15. The first-order valence-corrected chi connectivity index (χ1v) is 8.73. The molecule has 3 rings (SSSR count). The average Bonchev–Trinajstić information content (AvgIpc) is 3.21. The largest absolute Gasteiger partial charge is 0.495 e. The molecule has 0 radical (unpaired) electrons. The van der Waals surface area contributed by atoms with Crippen LogP contribution in [0.5, 0.6) is 5.75 Å². The third-order valence-corrected chi connectivity index (χ3v) is 4.36. The second-order valence-electron chi connectivity index (χ2n) is 6.18. The summed E-state index contributed by atoms with van der Waals surface area (Å²) in [6.45, 7) is 1.77. The van der Waals surface area contributed by atoms with Crippen molar-refractivity contribution in [2.75, 3.05) is 37.4 Å². The Morgan fingerprint density at radius 1 is 1.04 bits per heavy atom. The number of likely N-dealkylation sites (tertiary alicyclic amines) is 1. The first kappa shape index (κ1) is 17.8. The van der Waals surface area contributed by atoms with Crippen LogP contribution in [0.2, 0.25) is 0 Å². The maximum absolute atomic E-state index is 12.3. The Hall–Kier alpha value is -3.02. The van der Waals surface area contributed by atoms with Gasteiger partial charge in [0, 0.05) is 24.3 Å². The molecule has 2 N–H and O–H groups in total. The number of ether oxygens (including phenoxy) is 1. The molecule has 0 atom stereocenters. The third kappa shape index (κ3) is 4.33. The molecule has 136 valence electrons. The molecule has 1 saturated heterocycles. The van der Waals surface area contributed by atoms with E-state index in [2.05, 4.69) is 10.6 Å². The van der Waals surface area contributed by atoms with E-state index in [4.69, 9.17) is 4.74 Å². The highest BCUT2D eigenvalue weighted by atomic mass is 16.5. The minimum atomic E-state index is -0.172. The number of methoxy groups -OCH3 is 1. The van der Waals surface area contributed by atoms with E-state index < -0.39 is 0 Å². The lowest BCUT2D eigenvalue weighted by molar-refractivity contribution is -0.114. The van der Waals surface area contributed by atoms with E-state index in [1.54, 1.807) is 31.4 Å². The molecule has 2 aromatic carbocycles. The number of hydrogen-bond donors (Lipinski definition) is 2. The highest BCUT2D eigenvalue weighted by Crippen LogP contribution is 2.22. The first-order valence-electron chi connectivity index (χ1n) is 8.73. The summed E-state index contributed by atoms with van der Waals surface area (Å²) in [4.78, 5) is 26.3. The third-order valence-electron chi connectivity index (χ3n) is 4.36. The van der Waals surface area contributed by atoms with Crippen LogP contribution >= 0.6 is 0 Å². The molecular formula is C20H23N3O3. The topological polar surface area (TPSA) is 70.7 Å². The predicted molar refractivity (Wildman–Crippen MR) is 102 cm³/mol. The molecule has 0 unspecified atom stereocenters. The number of benzene rings is 2. The molecule has 1 heterocycles. The Morgan fingerprint density at radius 3 is 2.42 bits per heavy atom. The highest BCUT2D eigenvalue weighted by molar-refractivity contribution is 5.96. The standard InChI is InChI=1S/C20H23N3O3/c1-26-18-7-3-2-6-17(18)21-14-19(24)22-16-10-8-15(9-11-16)20(25)23-12-4-5-13-23/h2-3,6-11,21H,4-5,12-14H2,1H3,(H,22,24). The minimum absolute atomic E-state index is 0.0539. The fourth-order valence-corrected chi connectivity index (χ4v) is 2.97. The number of anilines is 2. The van der Waals surface area contributed by atoms with Crippen molar-refractivity contribution in [3.63, 3.8) is 0 Å². The van der Waals surface area contributed by atoms with Crippen LogP contribution in [0, 0.1) is 0 Å². The number of para-hydroxylation sites is 2. The van der Waals surface area contributed by atoms with E-state index in [0.717, 1.165) is 31.6 Å². The summed E-state index contributed by atoms with van der Waals surface area (Å²) in [5, 5.41) is 5.87. The number of hydrogen-bond acceptors (Lipinski definition) is 4. The van der Waals surface area contributed by atoms with Gasteiger partial charge in [0.1, 0.15) is 5.75 Å². The monoisotopic (exact) mass is 353 g/mol. The van der Waals surface area contributed by atoms with Crippen LogP contribution in [0.1, 0.15) is 23.2 Å². The molecule has 1 aliphatic rings. The normalized spacial score (nSPS) is 13.3. The van der Waals surface area contributed by atoms with Crippen LogP contribution in [0.15, 0.2) is 48.5 Å². The zero-order valence-electron chi connectivity index (χ0n) is 14.8. The lowest BCUT2D eigenvalue weighted by Crippen LogP contribution is -2.27. The molecule has 0 saturated carbocycles. The predicted octanol–water partition coefficient (Wildman–Crippen LogP) is 2.98. The van der Waals surface area contributed by atoms with Gasteiger partial charge >= 0.3 is 0 Å². The van der Waals surface area contributed by atoms with Crippen LogP contribution in [0.3, 0.4) is 0 Å². The van der Waals surface area contributed by atoms with E-state index in [1.165, 1.54) is 0 Å². The van der Waals surface area contributed by atoms with Crippen molar-refractivity contribution in [1.82, 2.24) is 4.90 Å². The fraction of sp³-hybridized carbons (Fsp3) is 0.300. The Balaban J connectivity index is 1.53. The second kappa shape index (κ2) is 8.38. The summed E-state index contributed by atoms with van der Waals surface area (Å²) in [6.07, 6.45) is 2.14. The molecule has 0 bridgehead atoms. The van der Waals surface area contributed by atoms with Crippen molar-refractivity contribution in [2.24, 2.45) is 0 Å². The summed E-state index contributed by atoms with van der Waals surface area (Å²) in [7, 11) is 1.59. The van der Waals surface area contributed by atoms with Crippen LogP contribution in [-0.2, 0) is 4.79 Å². The zero-order valence-corrected chi connectivity index (χ0v) is 14.8. The quantitative estimate of drug-likeness (QED) is 0.838. The van der Waals surface area contributed by atoms with Crippen molar-refractivity contribution < 1.29 is 14.3 Å². The van der Waals surface area contributed by atoms with Gasteiger partial charge in [-0.2, -0.15) is 0 Å². The number of amides is 2. The minimum Gasteiger partial charge on any atom is -0.495 e. The molecule has 0 spiro atoms. The lowest BCUT2D eigenvalue weighted by atomic mass is 10.2. The van der Waals surface area contributed by atoms with E-state index in [0.29, 0.717) is 17.0 Å². The zero-order chi connectivity index (χ0) is 18.4. The number of carbonyl (C=O) groups excluding carboxylic acids is 2. The SMILES string of the molecule is COc1ccccc1NCC(=O)Nc1ccc(C(=O)N2CCCC2)cc1. The maximum atomic E-state index is 12.3. The van der Waals surface area contributed by atoms with Gasteiger partial charge in [-0.05, 0) is 49.2 Å². The Bertz CT molecular complexity index is 768. The van der Waals surface area contributed by atoms with Crippen LogP contribution in [-0.4, -0.2) is 43.5 Å². The van der Waals surface area contributed by atoms with Crippen LogP contribution in [0.25, 0.3) is 0 Å². The first-order chi connectivity index (χ1) is 12.7. The smallest absolute Gasteiger partial charge is 0.253 e. The van der Waals surface area contributed by atoms with Crippen molar-refractivity contribution >= 4 is 23.2 Å². The summed E-state index contributed by atoms with van der Waals surface area (Å²) in [5.41, 5.74) is 2.07. The molecule has 2 amide bonds. The van der Waals surface area contributed by atoms with Crippen molar-refractivity contribution in [1.29, 1.82) is 0 Å². The summed E-state index contributed by atoms with van der Waals surface area (Å²) in [6, 6.07) is 14.4. The van der Waals surface area contributed by atoms with E-state index in [9.17, 15) is 9.59 Å². The molecule has 0 aromatic heterocycles. The van der Waals surface area contributed by atoms with Crippen LogP contribution in [0.4, 0.5) is 11.4 Å². The van der Waals surface area contributed by atoms with Gasteiger partial charge in [-0.25, -0.2) is 0 Å². The Labute approximate surface area is 153 Å². The van der Waals surface area contributed by atoms with Gasteiger partial charge in [0.05, 0.1) is 19.3 Å². The summed E-state index contributed by atoms with van der Waals surface area (Å²) >= 11 is 0. The van der Waals surface area contributed by atoms with Gasteiger partial charge in [0.25, 0.3) is 5.91 Å². The van der Waals surface area contributed by atoms with Gasteiger partial charge in [0.2, 0.25) is 5.91 Å². The Morgan fingerprint density at radius 2 is 1.73 bits per heavy atom. The van der Waals surface area contributed by atoms with Gasteiger partial charge in [-0.15, -0.1) is 0 Å². The number of rotatable bonds is 6. The molecular weight excluding hydrogens is 330 g/mol. The van der Waals surface area contributed by atoms with Crippen LogP contribution < -0.4 is 15.4 Å². The van der Waals surface area contributed by atoms with E-state index >= 15 is 0 Å². The maximum Gasteiger partial charge on any atom is 0.253 e. The summed E-state index contributed by atoms with van der Waals surface area (Å²) < 4.78 is 5.24. The molecule has 26 heavy (non-hydrogen) atoms. The number of nitrogens with zero attached hydrogens (tertiary/aromatic N) is 1. The number of carbonyl (C=O) groups is 2. The summed E-state index contributed by atoms with van der Waals surface area (Å²) in [5.74, 6) is 0.567. The molecule has 2 aromatic rings. The van der Waals surface area contributed by atoms with E-state index in [1.807, 2.05) is 29.2 Å². The van der Waals surface area contributed by atoms with Gasteiger partial charge in [-0.1, -0.05) is 12.1 Å². The van der Waals surface area contributed by atoms with Gasteiger partial charge in [0.15, 0.2) is 0 Å². The highest BCUT2D eigenvalue weighted by Gasteiger charge is 2.19. The molecule has 6 nitrogen and oxygen atoms in total. The van der Waals surface area contributed by atoms with Crippen molar-refractivity contribution in [2.45, 2.75) is 12.8 Å². The van der Waals surface area contributed by atoms with Gasteiger partial charge in [-0.3, -0.25) is 9.59 Å². The van der Waals surface area contributed by atoms with Crippen molar-refractivity contribution in [3.8, 4) is 5.75 Å². The molecule has 6 heteroatoms. The molecule has 1 fully saturated rings. The second-order valence-corrected chi connectivity index (χ2v) is 6.18. The average molecular weight is 353 g/mol. The number of nitrogens with one attached hydrogen (secondary N) is 2. The molecule has 0 aliphatic carbocycles. The van der Waals surface area contributed by atoms with Gasteiger partial charge < -0.3 is 20.3 Å². The van der Waals surface area contributed by atoms with E-state index in [-0.39, 0.29) is 18.4 Å². The fourth-order valence-electron chi connectivity index (χ4n) is 2.97.